The average Bonchev–Trinajstić information content (AvgIpc) is 2.92. The van der Waals surface area contributed by atoms with Crippen molar-refractivity contribution in [1.29, 1.82) is 0 Å². The van der Waals surface area contributed by atoms with Gasteiger partial charge in [-0.3, -0.25) is 9.36 Å². The van der Waals surface area contributed by atoms with Gasteiger partial charge in [-0.25, -0.2) is 9.78 Å². The molecule has 1 fully saturated rings. The second-order valence-electron chi connectivity index (χ2n) is 5.26. The Kier molecular flexibility index (Phi) is 6.85. The van der Waals surface area contributed by atoms with Gasteiger partial charge < -0.3 is 15.6 Å². The number of nitrogens with zero attached hydrogens (tertiary/aromatic N) is 3. The molecule has 1 aromatic heterocycles. The fourth-order valence-corrected chi connectivity index (χ4v) is 4.47. The van der Waals surface area contributed by atoms with E-state index in [1.165, 1.54) is 36.7 Å². The minimum absolute atomic E-state index is 0.0248. The van der Waals surface area contributed by atoms with E-state index in [4.69, 9.17) is 10.3 Å². The summed E-state index contributed by atoms with van der Waals surface area (Å²) in [5.74, 6) is -0.683. The number of aromatic nitrogens is 3. The number of hydrogen-bond donors (Lipinski definition) is 3. The first-order valence-corrected chi connectivity index (χ1v) is 9.42. The molecule has 0 bridgehead atoms. The molecule has 5 atom stereocenters. The molecule has 2 heterocycles. The van der Waals surface area contributed by atoms with Crippen molar-refractivity contribution in [2.45, 2.75) is 36.1 Å². The summed E-state index contributed by atoms with van der Waals surface area (Å²) < 4.78 is 22.8. The van der Waals surface area contributed by atoms with Gasteiger partial charge in [-0.05, 0) is 11.5 Å². The molecule has 1 aliphatic rings. The van der Waals surface area contributed by atoms with Gasteiger partial charge in [-0.2, -0.15) is 4.98 Å². The van der Waals surface area contributed by atoms with Crippen LogP contribution in [0.5, 0.6) is 0 Å². The lowest BCUT2D eigenvalue weighted by molar-refractivity contribution is -0.142. The number of nitrogens with two attached hydrogens (primary N) is 1. The Morgan fingerprint density at radius 3 is 3.04 bits per heavy atom. The minimum atomic E-state index is -2.31. The van der Waals surface area contributed by atoms with Crippen LogP contribution in [0.2, 0.25) is 0 Å². The summed E-state index contributed by atoms with van der Waals surface area (Å²) in [5, 5.41) is 11.8. The molecular formula is C12H19N5O6PS+. The van der Waals surface area contributed by atoms with E-state index in [1.807, 2.05) is 0 Å². The molecule has 2 rings (SSSR count). The Morgan fingerprint density at radius 1 is 1.68 bits per heavy atom. The molecule has 4 N–H and O–H groups in total. The number of thioether (sulfide) groups is 1. The molecule has 0 saturated carbocycles. The van der Waals surface area contributed by atoms with Gasteiger partial charge in [-0.15, -0.1) is 16.3 Å². The van der Waals surface area contributed by atoms with Crippen LogP contribution in [-0.2, 0) is 18.6 Å². The van der Waals surface area contributed by atoms with Gasteiger partial charge in [0, 0.05) is 6.42 Å². The predicted molar refractivity (Wildman–Crippen MR) is 89.9 cm³/mol. The Bertz CT molecular complexity index is 703. The van der Waals surface area contributed by atoms with Gasteiger partial charge in [0.05, 0.1) is 23.8 Å². The SMILES string of the molecule is COC(=O)[C@H](C)N[P+](=O)OCC1SC(n2cnc(N)nc2=O)CC1O. The van der Waals surface area contributed by atoms with Crippen LogP contribution in [0.15, 0.2) is 11.1 Å². The molecule has 1 aliphatic heterocycles. The first-order valence-electron chi connectivity index (χ1n) is 7.30. The molecule has 0 aromatic carbocycles. The Hall–Kier alpha value is -1.59. The first kappa shape index (κ1) is 19.7. The van der Waals surface area contributed by atoms with E-state index in [-0.39, 0.29) is 24.3 Å². The number of aliphatic hydroxyl groups is 1. The Balaban J connectivity index is 1.88. The first-order chi connectivity index (χ1) is 11.8. The fraction of sp³-hybridized carbons (Fsp3) is 0.667. The number of carbonyl (C=O) groups excluding carboxylic acids is 1. The lowest BCUT2D eigenvalue weighted by atomic mass is 10.2. The largest absolute Gasteiger partial charge is 0.613 e. The molecule has 25 heavy (non-hydrogen) atoms. The highest BCUT2D eigenvalue weighted by atomic mass is 32.2. The van der Waals surface area contributed by atoms with Crippen molar-refractivity contribution in [2.24, 2.45) is 0 Å². The van der Waals surface area contributed by atoms with Crippen LogP contribution in [0.4, 0.5) is 5.95 Å². The number of nitrogen functional groups attached to an aromatic ring is 1. The van der Waals surface area contributed by atoms with Gasteiger partial charge in [-0.1, -0.05) is 5.09 Å². The smallest absolute Gasteiger partial charge is 0.468 e. The van der Waals surface area contributed by atoms with Crippen LogP contribution in [0.3, 0.4) is 0 Å². The van der Waals surface area contributed by atoms with Crippen LogP contribution in [0.1, 0.15) is 18.7 Å². The number of aliphatic hydroxyl groups excluding tert-OH is 1. The van der Waals surface area contributed by atoms with Crippen molar-refractivity contribution >= 4 is 31.9 Å². The molecule has 1 saturated heterocycles. The Morgan fingerprint density at radius 2 is 2.40 bits per heavy atom. The summed E-state index contributed by atoms with van der Waals surface area (Å²) in [6.07, 6.45) is 0.799. The summed E-state index contributed by atoms with van der Waals surface area (Å²) in [7, 11) is -1.08. The normalized spacial score (nSPS) is 24.8. The zero-order valence-corrected chi connectivity index (χ0v) is 15.3. The molecule has 0 spiro atoms. The van der Waals surface area contributed by atoms with E-state index in [0.717, 1.165) is 0 Å². The van der Waals surface area contributed by atoms with E-state index in [9.17, 15) is 19.3 Å². The van der Waals surface area contributed by atoms with E-state index in [1.54, 1.807) is 0 Å². The van der Waals surface area contributed by atoms with Crippen LogP contribution in [0.25, 0.3) is 0 Å². The second-order valence-corrected chi connectivity index (χ2v) is 7.72. The molecule has 0 radical (unpaired) electrons. The average molecular weight is 392 g/mol. The van der Waals surface area contributed by atoms with Gasteiger partial charge in [0.2, 0.25) is 5.95 Å². The van der Waals surface area contributed by atoms with Crippen LogP contribution in [-0.4, -0.2) is 56.7 Å². The lowest BCUT2D eigenvalue weighted by Crippen LogP contribution is -2.31. The van der Waals surface area contributed by atoms with Crippen molar-refractivity contribution < 1.29 is 23.7 Å². The van der Waals surface area contributed by atoms with E-state index in [2.05, 4.69) is 19.8 Å². The van der Waals surface area contributed by atoms with Crippen molar-refractivity contribution in [3.63, 3.8) is 0 Å². The number of esters is 1. The fourth-order valence-electron chi connectivity index (χ4n) is 2.15. The molecule has 138 valence electrons. The predicted octanol–water partition coefficient (Wildman–Crippen LogP) is -0.589. The van der Waals surface area contributed by atoms with Crippen LogP contribution < -0.4 is 16.5 Å². The van der Waals surface area contributed by atoms with E-state index >= 15 is 0 Å². The highest BCUT2D eigenvalue weighted by Crippen LogP contribution is 2.41. The molecule has 13 heteroatoms. The number of ether oxygens (including phenoxy) is 1. The minimum Gasteiger partial charge on any atom is -0.468 e. The van der Waals surface area contributed by atoms with Gasteiger partial charge >= 0.3 is 19.8 Å². The summed E-state index contributed by atoms with van der Waals surface area (Å²) in [6.45, 7) is 1.47. The van der Waals surface area contributed by atoms with E-state index in [0.29, 0.717) is 0 Å². The molecule has 1 aromatic rings. The molecule has 0 aliphatic carbocycles. The quantitative estimate of drug-likeness (QED) is 0.402. The molecular weight excluding hydrogens is 373 g/mol. The number of nitrogens with one attached hydrogen (secondary N) is 1. The van der Waals surface area contributed by atoms with Crippen molar-refractivity contribution in [1.82, 2.24) is 19.6 Å². The number of methoxy groups -OCH3 is 1. The third kappa shape index (κ3) is 5.19. The number of carbonyl (C=O) groups is 1. The Labute approximate surface area is 148 Å². The summed E-state index contributed by atoms with van der Waals surface area (Å²) in [6, 6.07) is -0.784. The topological polar surface area (TPSA) is 159 Å². The van der Waals surface area contributed by atoms with Crippen molar-refractivity contribution in [3.05, 3.63) is 16.8 Å². The standard InChI is InChI=1S/C12H18N5O6PS/c1-6(10(19)22-2)16-24(21)23-4-8-7(18)3-9(25-8)17-5-14-11(13)15-12(17)20/h5-9,18H,3-4H2,1-2H3,(H2-,13,15,16,20,21)/p+1/t6-,7?,8?,9?/m0/s1. The zero-order valence-electron chi connectivity index (χ0n) is 13.6. The van der Waals surface area contributed by atoms with Crippen LogP contribution >= 0.6 is 19.9 Å². The maximum Gasteiger partial charge on any atom is 0.613 e. The van der Waals surface area contributed by atoms with Gasteiger partial charge in [0.1, 0.15) is 19.0 Å². The maximum atomic E-state index is 11.8. The zero-order chi connectivity index (χ0) is 18.6. The monoisotopic (exact) mass is 392 g/mol. The summed E-state index contributed by atoms with van der Waals surface area (Å²) in [4.78, 5) is 30.4. The number of anilines is 1. The van der Waals surface area contributed by atoms with Crippen LogP contribution in [0, 0.1) is 0 Å². The van der Waals surface area contributed by atoms with E-state index < -0.39 is 37.2 Å². The van der Waals surface area contributed by atoms with Gasteiger partial charge in [0.15, 0.2) is 0 Å². The van der Waals surface area contributed by atoms with Crippen molar-refractivity contribution in [2.75, 3.05) is 19.5 Å². The maximum absolute atomic E-state index is 11.8. The second kappa shape index (κ2) is 8.68. The van der Waals surface area contributed by atoms with Gasteiger partial charge in [0.25, 0.3) is 0 Å². The highest BCUT2D eigenvalue weighted by Gasteiger charge is 2.38. The molecule has 0 amide bonds. The third-order valence-electron chi connectivity index (χ3n) is 3.47. The molecule has 4 unspecified atom stereocenters. The number of rotatable bonds is 7. The van der Waals surface area contributed by atoms with Crippen molar-refractivity contribution in [3.8, 4) is 0 Å². The summed E-state index contributed by atoms with van der Waals surface area (Å²) >= 11 is 1.28. The summed E-state index contributed by atoms with van der Waals surface area (Å²) in [5.41, 5.74) is 4.79. The highest BCUT2D eigenvalue weighted by molar-refractivity contribution is 8.00. The lowest BCUT2D eigenvalue weighted by Gasteiger charge is -2.11. The number of hydrogen-bond acceptors (Lipinski definition) is 10. The third-order valence-corrected chi connectivity index (χ3v) is 5.99. The molecule has 11 nitrogen and oxygen atoms in total.